The van der Waals surface area contributed by atoms with Crippen LogP contribution in [0.15, 0.2) is 49.6 Å². The summed E-state index contributed by atoms with van der Waals surface area (Å²) in [5, 5.41) is 3.17. The van der Waals surface area contributed by atoms with Gasteiger partial charge in [-0.15, -0.1) is 0 Å². The zero-order valence-corrected chi connectivity index (χ0v) is 17.0. The van der Waals surface area contributed by atoms with Gasteiger partial charge in [-0.3, -0.25) is 13.9 Å². The van der Waals surface area contributed by atoms with Gasteiger partial charge in [0.25, 0.3) is 5.91 Å². The van der Waals surface area contributed by atoms with E-state index >= 15 is 0 Å². The Morgan fingerprint density at radius 1 is 1.03 bits per heavy atom. The molecule has 1 saturated carbocycles. The predicted octanol–water partition coefficient (Wildman–Crippen LogP) is 2.16. The summed E-state index contributed by atoms with van der Waals surface area (Å²) in [5.41, 5.74) is 0.552. The van der Waals surface area contributed by atoms with Crippen LogP contribution < -0.4 is 5.32 Å². The van der Waals surface area contributed by atoms with Gasteiger partial charge in [-0.25, -0.2) is 15.0 Å². The molecule has 1 aliphatic rings. The summed E-state index contributed by atoms with van der Waals surface area (Å²) < 4.78 is 14.4. The van der Waals surface area contributed by atoms with E-state index in [-0.39, 0.29) is 18.1 Å². The molecule has 9 nitrogen and oxygen atoms in total. The van der Waals surface area contributed by atoms with E-state index in [4.69, 9.17) is 9.47 Å². The lowest BCUT2D eigenvalue weighted by Gasteiger charge is -2.29. The molecule has 0 atom stereocenters. The Labute approximate surface area is 175 Å². The topological polar surface area (TPSA) is 96.1 Å². The molecule has 1 aliphatic carbocycles. The smallest absolute Gasteiger partial charge is 0.251 e. The summed E-state index contributed by atoms with van der Waals surface area (Å²) in [6.45, 7) is 1.22. The number of nitrogens with zero attached hydrogens (tertiary/aromatic N) is 5. The van der Waals surface area contributed by atoms with Crippen molar-refractivity contribution in [1.29, 1.82) is 0 Å². The van der Waals surface area contributed by atoms with Crippen molar-refractivity contribution >= 4 is 5.91 Å². The summed E-state index contributed by atoms with van der Waals surface area (Å²) in [7, 11) is 1.67. The third-order valence-electron chi connectivity index (χ3n) is 5.25. The first kappa shape index (κ1) is 20.2. The Hall–Kier alpha value is -3.04. The van der Waals surface area contributed by atoms with Crippen LogP contribution in [0.1, 0.15) is 36.0 Å². The van der Waals surface area contributed by atoms with E-state index in [0.29, 0.717) is 30.4 Å². The van der Waals surface area contributed by atoms with Crippen LogP contribution in [-0.2, 0) is 9.47 Å². The van der Waals surface area contributed by atoms with Gasteiger partial charge in [-0.1, -0.05) is 0 Å². The normalized spacial score (nSPS) is 19.0. The molecular formula is C21H26N6O3. The lowest BCUT2D eigenvalue weighted by molar-refractivity contribution is -0.00408. The average Bonchev–Trinajstić information content (AvgIpc) is 3.49. The summed E-state index contributed by atoms with van der Waals surface area (Å²) in [5.74, 6) is 1.14. The van der Waals surface area contributed by atoms with Gasteiger partial charge in [0.2, 0.25) is 0 Å². The molecule has 1 fully saturated rings. The number of nitrogens with one attached hydrogen (secondary N) is 1. The van der Waals surface area contributed by atoms with Gasteiger partial charge in [0.15, 0.2) is 0 Å². The molecule has 9 heteroatoms. The second kappa shape index (κ2) is 9.64. The number of ether oxygens (including phenoxy) is 2. The van der Waals surface area contributed by atoms with E-state index in [1.54, 1.807) is 65.8 Å². The fraction of sp³-hybridized carbons (Fsp3) is 0.429. The highest BCUT2D eigenvalue weighted by Gasteiger charge is 2.23. The van der Waals surface area contributed by atoms with E-state index in [0.717, 1.165) is 25.7 Å². The maximum Gasteiger partial charge on any atom is 0.251 e. The number of hydrogen-bond donors (Lipinski definition) is 1. The van der Waals surface area contributed by atoms with Gasteiger partial charge in [-0.2, -0.15) is 0 Å². The number of aromatic nitrogens is 5. The standard InChI is InChI=1S/C21H26N6O3/c1-29-10-11-30-18-4-2-17(3-5-18)24-21(28)16-12-19(26-8-6-22-14-26)25-20(13-16)27-9-7-23-15-27/h6-9,12-15,17-18H,2-5,10-11H2,1H3,(H,24,28)/t17-,18-. The maximum absolute atomic E-state index is 13.0. The van der Waals surface area contributed by atoms with Crippen LogP contribution in [0, 0.1) is 0 Å². The third kappa shape index (κ3) is 4.92. The van der Waals surface area contributed by atoms with E-state index in [1.165, 1.54) is 0 Å². The SMILES string of the molecule is COCCO[C@H]1CC[C@H](NC(=O)c2cc(-n3ccnc3)nc(-n3ccnc3)c2)CC1. The molecule has 0 aliphatic heterocycles. The Bertz CT molecular complexity index is 881. The summed E-state index contributed by atoms with van der Waals surface area (Å²) in [6.07, 6.45) is 14.2. The molecule has 158 valence electrons. The highest BCUT2D eigenvalue weighted by molar-refractivity contribution is 5.95. The molecule has 0 radical (unpaired) electrons. The fourth-order valence-electron chi connectivity index (χ4n) is 3.63. The largest absolute Gasteiger partial charge is 0.382 e. The van der Waals surface area contributed by atoms with E-state index < -0.39 is 0 Å². The van der Waals surface area contributed by atoms with E-state index in [1.807, 2.05) is 0 Å². The lowest BCUT2D eigenvalue weighted by Crippen LogP contribution is -2.39. The minimum atomic E-state index is -0.108. The Morgan fingerprint density at radius 3 is 2.20 bits per heavy atom. The van der Waals surface area contributed by atoms with Gasteiger partial charge in [-0.05, 0) is 37.8 Å². The number of imidazole rings is 2. The van der Waals surface area contributed by atoms with Crippen LogP contribution >= 0.6 is 0 Å². The van der Waals surface area contributed by atoms with Gasteiger partial charge in [0.1, 0.15) is 24.3 Å². The number of rotatable bonds is 8. The van der Waals surface area contributed by atoms with E-state index in [9.17, 15) is 4.79 Å². The van der Waals surface area contributed by atoms with Crippen molar-refractivity contribution in [3.8, 4) is 11.6 Å². The quantitative estimate of drug-likeness (QED) is 0.572. The minimum absolute atomic E-state index is 0.108. The molecule has 3 heterocycles. The highest BCUT2D eigenvalue weighted by atomic mass is 16.5. The number of methoxy groups -OCH3 is 1. The Kier molecular flexibility index (Phi) is 6.50. The number of carbonyl (C=O) groups excluding carboxylic acids is 1. The average molecular weight is 410 g/mol. The van der Waals surface area contributed by atoms with Gasteiger partial charge in [0.05, 0.1) is 19.3 Å². The first-order valence-corrected chi connectivity index (χ1v) is 10.1. The van der Waals surface area contributed by atoms with Gasteiger partial charge < -0.3 is 14.8 Å². The first-order chi connectivity index (χ1) is 14.7. The predicted molar refractivity (Wildman–Crippen MR) is 110 cm³/mol. The third-order valence-corrected chi connectivity index (χ3v) is 5.25. The zero-order chi connectivity index (χ0) is 20.8. The van der Waals surface area contributed by atoms with Crippen molar-refractivity contribution in [2.24, 2.45) is 0 Å². The molecule has 0 saturated heterocycles. The van der Waals surface area contributed by atoms with Crippen LogP contribution in [0.5, 0.6) is 0 Å². The maximum atomic E-state index is 13.0. The summed E-state index contributed by atoms with van der Waals surface area (Å²) in [6, 6.07) is 3.69. The Balaban J connectivity index is 1.45. The van der Waals surface area contributed by atoms with Crippen molar-refractivity contribution in [2.75, 3.05) is 20.3 Å². The zero-order valence-electron chi connectivity index (χ0n) is 17.0. The molecule has 0 bridgehead atoms. The minimum Gasteiger partial charge on any atom is -0.382 e. The molecule has 0 spiro atoms. The molecule has 30 heavy (non-hydrogen) atoms. The van der Waals surface area contributed by atoms with Crippen molar-refractivity contribution in [3.63, 3.8) is 0 Å². The lowest BCUT2D eigenvalue weighted by atomic mass is 9.92. The molecule has 0 unspecified atom stereocenters. The van der Waals surface area contributed by atoms with Crippen molar-refractivity contribution in [3.05, 3.63) is 55.1 Å². The monoisotopic (exact) mass is 410 g/mol. The Morgan fingerprint density at radius 2 is 1.67 bits per heavy atom. The molecule has 3 aromatic heterocycles. The number of hydrogen-bond acceptors (Lipinski definition) is 6. The van der Waals surface area contributed by atoms with Crippen LogP contribution in [0.3, 0.4) is 0 Å². The van der Waals surface area contributed by atoms with Crippen LogP contribution in [0.4, 0.5) is 0 Å². The fourth-order valence-corrected chi connectivity index (χ4v) is 3.63. The molecule has 3 aromatic rings. The molecular weight excluding hydrogens is 384 g/mol. The van der Waals surface area contributed by atoms with Gasteiger partial charge >= 0.3 is 0 Å². The summed E-state index contributed by atoms with van der Waals surface area (Å²) in [4.78, 5) is 25.8. The molecule has 0 aromatic carbocycles. The van der Waals surface area contributed by atoms with Crippen molar-refractivity contribution in [2.45, 2.75) is 37.8 Å². The molecule has 1 amide bonds. The highest BCUT2D eigenvalue weighted by Crippen LogP contribution is 2.22. The molecule has 1 N–H and O–H groups in total. The van der Waals surface area contributed by atoms with Crippen LogP contribution in [0.25, 0.3) is 11.6 Å². The van der Waals surface area contributed by atoms with Crippen LogP contribution in [0.2, 0.25) is 0 Å². The molecule has 4 rings (SSSR count). The van der Waals surface area contributed by atoms with E-state index in [2.05, 4.69) is 20.3 Å². The summed E-state index contributed by atoms with van der Waals surface area (Å²) >= 11 is 0. The van der Waals surface area contributed by atoms with Crippen LogP contribution in [-0.4, -0.2) is 62.5 Å². The number of amides is 1. The van der Waals surface area contributed by atoms with Crippen molar-refractivity contribution < 1.29 is 14.3 Å². The van der Waals surface area contributed by atoms with Crippen molar-refractivity contribution in [1.82, 2.24) is 29.4 Å². The number of carbonyl (C=O) groups is 1. The second-order valence-corrected chi connectivity index (χ2v) is 7.32. The first-order valence-electron chi connectivity index (χ1n) is 10.1. The number of pyridine rings is 1. The second-order valence-electron chi connectivity index (χ2n) is 7.32. The van der Waals surface area contributed by atoms with Gasteiger partial charge in [0, 0.05) is 43.5 Å².